The van der Waals surface area contributed by atoms with Crippen LogP contribution in [-0.2, 0) is 33.1 Å². The van der Waals surface area contributed by atoms with E-state index in [1.807, 2.05) is 0 Å². The zero-order valence-electron chi connectivity index (χ0n) is 40.2. The summed E-state index contributed by atoms with van der Waals surface area (Å²) in [6.07, 6.45) is 0.844. The fourth-order valence-corrected chi connectivity index (χ4v) is 9.44. The first-order valence-corrected chi connectivity index (χ1v) is 25.6. The fourth-order valence-electron chi connectivity index (χ4n) is 7.32. The number of aromatic hydroxyl groups is 1. The van der Waals surface area contributed by atoms with Gasteiger partial charge in [0, 0.05) is 27.7 Å². The number of methoxy groups -OCH3 is 2. The minimum atomic E-state index is -4.87. The van der Waals surface area contributed by atoms with Crippen molar-refractivity contribution in [3.8, 4) is 23.0 Å². The zero-order chi connectivity index (χ0) is 53.5. The second-order valence-electron chi connectivity index (χ2n) is 15.9. The van der Waals surface area contributed by atoms with E-state index in [0.29, 0.717) is 68.4 Å². The van der Waals surface area contributed by atoms with Gasteiger partial charge in [0.15, 0.2) is 5.75 Å². The van der Waals surface area contributed by atoms with Crippen LogP contribution in [0.1, 0.15) is 45.7 Å². The number of nitrogens with one attached hydrogen (secondary N) is 2. The maximum Gasteiger partial charge on any atom is 2.00 e. The Hall–Kier alpha value is -6.72. The molecule has 0 saturated carbocycles. The smallest absolute Gasteiger partial charge is 0.870 e. The number of phenolic OH excluding ortho intramolecular Hbond substituents is 1. The maximum absolute atomic E-state index is 13.4. The van der Waals surface area contributed by atoms with E-state index in [0.717, 1.165) is 0 Å². The van der Waals surface area contributed by atoms with Gasteiger partial charge in [0.1, 0.15) is 43.6 Å². The van der Waals surface area contributed by atoms with Gasteiger partial charge in [0.25, 0.3) is 21.9 Å². The Morgan fingerprint density at radius 2 is 1.01 bits per heavy atom. The van der Waals surface area contributed by atoms with Crippen LogP contribution in [0.5, 0.6) is 23.0 Å². The number of rotatable bonds is 14. The molecular weight excluding hydrogens is 1080 g/mol. The van der Waals surface area contributed by atoms with Crippen molar-refractivity contribution in [1.29, 1.82) is 0 Å². The van der Waals surface area contributed by atoms with Crippen LogP contribution in [0.4, 0.5) is 34.1 Å². The summed E-state index contributed by atoms with van der Waals surface area (Å²) < 4.78 is 78.4. The minimum Gasteiger partial charge on any atom is -0.870 e. The first-order valence-electron chi connectivity index (χ1n) is 22.0. The quantitative estimate of drug-likeness (QED) is 0.0449. The standard InChI is InChI=1S/2C26H22ClN3O6S.Ca/c2*1-3-15-12-21(23(27)22(13-15)37(33,34)35)29-30-24-19-7-5-4-6-16(19)14-20(25(24)31)26(32)28-17-8-10-18(36-2)11-9-17;/h2*4-14,31H,3H2,1-2H3,(H,28,32)(H,33,34,35);/q;;+2/p-2. The molecule has 4 N–H and O–H groups in total. The van der Waals surface area contributed by atoms with E-state index in [4.69, 9.17) is 32.7 Å². The summed E-state index contributed by atoms with van der Waals surface area (Å²) >= 11 is 12.4. The van der Waals surface area contributed by atoms with Crippen molar-refractivity contribution in [2.75, 3.05) is 24.9 Å². The van der Waals surface area contributed by atoms with Crippen molar-refractivity contribution in [2.45, 2.75) is 36.5 Å². The molecule has 2 amide bonds. The number of fused-ring (bicyclic) bond motifs is 2. The van der Waals surface area contributed by atoms with Gasteiger partial charge < -0.3 is 34.9 Å². The van der Waals surface area contributed by atoms with Gasteiger partial charge >= 0.3 is 37.7 Å². The van der Waals surface area contributed by atoms with E-state index >= 15 is 0 Å². The molecule has 0 aliphatic heterocycles. The maximum atomic E-state index is 13.4. The summed E-state index contributed by atoms with van der Waals surface area (Å²) in [5.41, 5.74) is 1.51. The molecule has 380 valence electrons. The molecule has 0 aliphatic rings. The Morgan fingerprint density at radius 3 is 1.47 bits per heavy atom. The van der Waals surface area contributed by atoms with Crippen molar-refractivity contribution in [3.63, 3.8) is 0 Å². The van der Waals surface area contributed by atoms with E-state index in [1.165, 1.54) is 50.6 Å². The molecule has 0 unspecified atom stereocenters. The third kappa shape index (κ3) is 13.6. The summed E-state index contributed by atoms with van der Waals surface area (Å²) in [4.78, 5) is 25.0. The molecule has 0 saturated heterocycles. The van der Waals surface area contributed by atoms with Crippen molar-refractivity contribution in [1.82, 2.24) is 0 Å². The topological polar surface area (TPSA) is 281 Å². The number of anilines is 2. The number of carbonyl (C=O) groups is 2. The van der Waals surface area contributed by atoms with Crippen molar-refractivity contribution < 1.29 is 55.2 Å². The number of halogens is 2. The Kier molecular flexibility index (Phi) is 19.0. The van der Waals surface area contributed by atoms with Gasteiger partial charge in [0.2, 0.25) is 0 Å². The van der Waals surface area contributed by atoms with Crippen LogP contribution >= 0.6 is 23.2 Å². The SMILES string of the molecule is CCc1cc(N=Nc2c(O)c(C(=O)Nc3ccc(OC)cc3)cc3ccccc23)c(Cl)c(S(=O)(=O)O)c1.CCc1cc(N=Nc2c([O-])c(C(=O)Nc3ccc(OC)cc3)cc3ccccc23)c(Cl)c(S(=O)(=O)[O-])c1.[Ca+2]. The molecule has 0 heterocycles. The molecule has 0 bridgehead atoms. The number of carbonyl (C=O) groups excluding carboxylic acids is 2. The Bertz CT molecular complexity index is 3530. The number of amides is 2. The number of hydrogen-bond donors (Lipinski definition) is 4. The number of hydrogen-bond acceptors (Lipinski definition) is 15. The zero-order valence-corrected chi connectivity index (χ0v) is 45.5. The number of aryl methyl sites for hydroxylation is 2. The van der Waals surface area contributed by atoms with Gasteiger partial charge in [-0.05, 0) is 120 Å². The van der Waals surface area contributed by atoms with Crippen LogP contribution in [0.15, 0.2) is 164 Å². The van der Waals surface area contributed by atoms with E-state index in [9.17, 15) is 45.7 Å². The Labute approximate surface area is 470 Å². The second-order valence-corrected chi connectivity index (χ2v) is 19.4. The molecule has 23 heteroatoms. The number of benzene rings is 8. The average Bonchev–Trinajstić information content (AvgIpc) is 3.38. The molecule has 0 aromatic heterocycles. The van der Waals surface area contributed by atoms with Gasteiger partial charge in [-0.25, -0.2) is 8.42 Å². The normalized spacial score (nSPS) is 11.5. The van der Waals surface area contributed by atoms with Gasteiger partial charge in [-0.15, -0.1) is 15.3 Å². The summed E-state index contributed by atoms with van der Waals surface area (Å²) in [5.74, 6) is -1.11. The fraction of sp³-hybridized carbons (Fsp3) is 0.115. The predicted molar refractivity (Wildman–Crippen MR) is 284 cm³/mol. The van der Waals surface area contributed by atoms with E-state index < -0.39 is 58.4 Å². The predicted octanol–water partition coefficient (Wildman–Crippen LogP) is 12.0. The Morgan fingerprint density at radius 1 is 0.600 bits per heavy atom. The third-order valence-electron chi connectivity index (χ3n) is 11.2. The molecule has 18 nitrogen and oxygen atoms in total. The molecule has 0 aliphatic carbocycles. The van der Waals surface area contributed by atoms with Gasteiger partial charge in [-0.1, -0.05) is 91.3 Å². The number of azo groups is 2. The molecule has 8 aromatic rings. The molecule has 0 spiro atoms. The summed E-state index contributed by atoms with van der Waals surface area (Å²) in [6, 6.07) is 35.5. The molecular formula is C52H42CaCl2N6O12S2. The third-order valence-corrected chi connectivity index (χ3v) is 14.0. The van der Waals surface area contributed by atoms with Crippen LogP contribution in [0.25, 0.3) is 21.5 Å². The van der Waals surface area contributed by atoms with Gasteiger partial charge in [0.05, 0.1) is 40.4 Å². The van der Waals surface area contributed by atoms with Crippen LogP contribution in [0.2, 0.25) is 10.0 Å². The monoisotopic (exact) mass is 1120 g/mol. The summed E-state index contributed by atoms with van der Waals surface area (Å²) in [5, 5.41) is 47.5. The molecule has 8 aromatic carbocycles. The van der Waals surface area contributed by atoms with Crippen LogP contribution in [0, 0.1) is 0 Å². The van der Waals surface area contributed by atoms with Crippen molar-refractivity contribution >= 4 is 149 Å². The van der Waals surface area contributed by atoms with Gasteiger partial charge in [-0.3, -0.25) is 14.1 Å². The molecule has 0 atom stereocenters. The van der Waals surface area contributed by atoms with Crippen LogP contribution in [-0.4, -0.2) is 94.8 Å². The number of nitrogens with zero attached hydrogens (tertiary/aromatic N) is 4. The van der Waals surface area contributed by atoms with Gasteiger partial charge in [-0.2, -0.15) is 13.5 Å². The van der Waals surface area contributed by atoms with E-state index in [-0.39, 0.29) is 76.6 Å². The minimum absolute atomic E-state index is 0. The van der Waals surface area contributed by atoms with E-state index in [1.54, 1.807) is 111 Å². The summed E-state index contributed by atoms with van der Waals surface area (Å²) in [7, 11) is -6.43. The first kappa shape index (κ1) is 57.6. The number of ether oxygens (including phenoxy) is 2. The largest absolute Gasteiger partial charge is 2.00 e. The van der Waals surface area contributed by atoms with Crippen molar-refractivity contribution in [2.24, 2.45) is 20.5 Å². The average molecular weight is 1120 g/mol. The molecule has 75 heavy (non-hydrogen) atoms. The van der Waals surface area contributed by atoms with Crippen LogP contribution < -0.4 is 25.2 Å². The van der Waals surface area contributed by atoms with E-state index in [2.05, 4.69) is 31.1 Å². The second kappa shape index (κ2) is 24.7. The summed E-state index contributed by atoms with van der Waals surface area (Å²) in [6.45, 7) is 3.56. The van der Waals surface area contributed by atoms with Crippen molar-refractivity contribution in [3.05, 3.63) is 166 Å². The molecule has 0 radical (unpaired) electrons. The number of phenols is 1. The molecule has 0 fully saturated rings. The van der Waals surface area contributed by atoms with Crippen LogP contribution in [0.3, 0.4) is 0 Å². The Balaban J connectivity index is 0.000000241. The first-order chi connectivity index (χ1) is 35.2. The molecule has 8 rings (SSSR count).